The van der Waals surface area contributed by atoms with Gasteiger partial charge in [0.1, 0.15) is 0 Å². The van der Waals surface area contributed by atoms with Gasteiger partial charge in [-0.1, -0.05) is 35.9 Å². The number of benzene rings is 1. The smallest absolute Gasteiger partial charge is 0.312 e. The van der Waals surface area contributed by atoms with Gasteiger partial charge in [0.05, 0.1) is 17.3 Å². The van der Waals surface area contributed by atoms with Crippen LogP contribution in [0.1, 0.15) is 27.7 Å². The summed E-state index contributed by atoms with van der Waals surface area (Å²) in [7, 11) is 0. The van der Waals surface area contributed by atoms with Crippen LogP contribution in [0.3, 0.4) is 0 Å². The van der Waals surface area contributed by atoms with Gasteiger partial charge in [0.25, 0.3) is 5.91 Å². The number of urea groups is 1. The number of hydrogen-bond acceptors (Lipinski definition) is 4. The number of halogens is 1. The summed E-state index contributed by atoms with van der Waals surface area (Å²) in [6.45, 7) is 1.84. The molecule has 3 N–H and O–H groups in total. The summed E-state index contributed by atoms with van der Waals surface area (Å²) in [6, 6.07) is 9.34. The van der Waals surface area contributed by atoms with Crippen molar-refractivity contribution in [1.82, 2.24) is 15.1 Å². The Morgan fingerprint density at radius 3 is 2.36 bits per heavy atom. The number of carbonyl (C=O) groups is 3. The molecule has 2 heterocycles. The molecule has 0 radical (unpaired) electrons. The molecule has 1 aliphatic heterocycles. The SMILES string of the molecule is NC(=O)NC(CC(=O)N1CCN(C(=O)c2cccs2)CC1)c1ccccc1Cl. The fraction of sp³-hybridized carbons (Fsp3) is 0.316. The fourth-order valence-electron chi connectivity index (χ4n) is 3.19. The minimum Gasteiger partial charge on any atom is -0.352 e. The minimum atomic E-state index is -0.718. The van der Waals surface area contributed by atoms with E-state index in [9.17, 15) is 14.4 Å². The molecular formula is C19H21ClN4O3S. The Balaban J connectivity index is 1.61. The van der Waals surface area contributed by atoms with Crippen molar-refractivity contribution in [2.75, 3.05) is 26.2 Å². The van der Waals surface area contributed by atoms with Gasteiger partial charge in [-0.15, -0.1) is 11.3 Å². The van der Waals surface area contributed by atoms with Gasteiger partial charge in [-0.05, 0) is 23.1 Å². The van der Waals surface area contributed by atoms with Crippen LogP contribution in [0.15, 0.2) is 41.8 Å². The van der Waals surface area contributed by atoms with Crippen molar-refractivity contribution in [2.24, 2.45) is 5.73 Å². The summed E-state index contributed by atoms with van der Waals surface area (Å²) < 4.78 is 0. The highest BCUT2D eigenvalue weighted by molar-refractivity contribution is 7.12. The molecule has 1 aliphatic rings. The van der Waals surface area contributed by atoms with Crippen LogP contribution < -0.4 is 11.1 Å². The van der Waals surface area contributed by atoms with E-state index in [2.05, 4.69) is 5.32 Å². The lowest BCUT2D eigenvalue weighted by atomic mass is 10.0. The third-order valence-electron chi connectivity index (χ3n) is 4.63. The number of primary amides is 1. The van der Waals surface area contributed by atoms with Crippen molar-refractivity contribution < 1.29 is 14.4 Å². The third-order valence-corrected chi connectivity index (χ3v) is 5.83. The van der Waals surface area contributed by atoms with Crippen LogP contribution in [-0.4, -0.2) is 53.8 Å². The van der Waals surface area contributed by atoms with Gasteiger partial charge in [0, 0.05) is 31.2 Å². The van der Waals surface area contributed by atoms with Gasteiger partial charge < -0.3 is 20.9 Å². The second-order valence-electron chi connectivity index (χ2n) is 6.44. The molecule has 1 saturated heterocycles. The van der Waals surface area contributed by atoms with Crippen LogP contribution in [0.25, 0.3) is 0 Å². The molecule has 28 heavy (non-hydrogen) atoms. The maximum Gasteiger partial charge on any atom is 0.312 e. The largest absolute Gasteiger partial charge is 0.352 e. The molecule has 3 rings (SSSR count). The zero-order chi connectivity index (χ0) is 20.1. The lowest BCUT2D eigenvalue weighted by Gasteiger charge is -2.35. The number of carbonyl (C=O) groups excluding carboxylic acids is 3. The number of nitrogens with zero attached hydrogens (tertiary/aromatic N) is 2. The first-order valence-electron chi connectivity index (χ1n) is 8.86. The molecule has 0 aliphatic carbocycles. The number of nitrogens with two attached hydrogens (primary N) is 1. The predicted molar refractivity (Wildman–Crippen MR) is 108 cm³/mol. The number of piperazine rings is 1. The Morgan fingerprint density at radius 1 is 1.07 bits per heavy atom. The van der Waals surface area contributed by atoms with Gasteiger partial charge >= 0.3 is 6.03 Å². The van der Waals surface area contributed by atoms with Crippen molar-refractivity contribution in [2.45, 2.75) is 12.5 Å². The van der Waals surface area contributed by atoms with Crippen molar-refractivity contribution >= 4 is 40.8 Å². The number of thiophene rings is 1. The van der Waals surface area contributed by atoms with Gasteiger partial charge in [-0.3, -0.25) is 9.59 Å². The van der Waals surface area contributed by atoms with E-state index < -0.39 is 12.1 Å². The second kappa shape index (κ2) is 9.07. The summed E-state index contributed by atoms with van der Waals surface area (Å²) >= 11 is 7.62. The number of hydrogen-bond donors (Lipinski definition) is 2. The van der Waals surface area contributed by atoms with E-state index in [1.165, 1.54) is 11.3 Å². The van der Waals surface area contributed by atoms with E-state index in [-0.39, 0.29) is 18.2 Å². The average molecular weight is 421 g/mol. The molecule has 0 bridgehead atoms. The van der Waals surface area contributed by atoms with E-state index in [1.54, 1.807) is 40.1 Å². The minimum absolute atomic E-state index is 0.00793. The molecule has 148 valence electrons. The molecule has 1 atom stereocenters. The lowest BCUT2D eigenvalue weighted by molar-refractivity contribution is -0.133. The maximum absolute atomic E-state index is 12.8. The number of rotatable bonds is 5. The fourth-order valence-corrected chi connectivity index (χ4v) is 4.15. The molecule has 1 aromatic carbocycles. The summed E-state index contributed by atoms with van der Waals surface area (Å²) in [6.07, 6.45) is 0.0472. The lowest BCUT2D eigenvalue weighted by Crippen LogP contribution is -2.51. The van der Waals surface area contributed by atoms with E-state index in [1.807, 2.05) is 11.4 Å². The standard InChI is InChI=1S/C19H21ClN4O3S/c20-14-5-2-1-4-13(14)15(22-19(21)27)12-17(25)23-7-9-24(10-8-23)18(26)16-6-3-11-28-16/h1-6,11,15H,7-10,12H2,(H3,21,22,27). The first-order chi connectivity index (χ1) is 13.5. The van der Waals surface area contributed by atoms with E-state index in [0.717, 1.165) is 0 Å². The van der Waals surface area contributed by atoms with Crippen molar-refractivity contribution in [3.8, 4) is 0 Å². The zero-order valence-electron chi connectivity index (χ0n) is 15.1. The zero-order valence-corrected chi connectivity index (χ0v) is 16.7. The predicted octanol–water partition coefficient (Wildman–Crippen LogP) is 2.49. The Hall–Kier alpha value is -2.58. The van der Waals surface area contributed by atoms with Crippen molar-refractivity contribution in [1.29, 1.82) is 0 Å². The molecular weight excluding hydrogens is 400 g/mol. The molecule has 1 aromatic heterocycles. The molecule has 4 amide bonds. The first kappa shape index (κ1) is 20.2. The average Bonchev–Trinajstić information content (AvgIpc) is 3.22. The maximum atomic E-state index is 12.8. The molecule has 9 heteroatoms. The summed E-state index contributed by atoms with van der Waals surface area (Å²) in [5.74, 6) is -0.131. The molecule has 1 fully saturated rings. The van der Waals surface area contributed by atoms with Gasteiger partial charge in [-0.25, -0.2) is 4.79 Å². The molecule has 2 aromatic rings. The van der Waals surface area contributed by atoms with Crippen LogP contribution in [0, 0.1) is 0 Å². The Morgan fingerprint density at radius 2 is 1.75 bits per heavy atom. The van der Waals surface area contributed by atoms with Gasteiger partial charge in [0.2, 0.25) is 5.91 Å². The molecule has 1 unspecified atom stereocenters. The molecule has 7 nitrogen and oxygen atoms in total. The summed E-state index contributed by atoms with van der Waals surface area (Å²) in [5.41, 5.74) is 5.91. The van der Waals surface area contributed by atoms with Crippen molar-refractivity contribution in [3.63, 3.8) is 0 Å². The van der Waals surface area contributed by atoms with Crippen LogP contribution in [-0.2, 0) is 4.79 Å². The van der Waals surface area contributed by atoms with Gasteiger partial charge in [0.15, 0.2) is 0 Å². The van der Waals surface area contributed by atoms with Gasteiger partial charge in [-0.2, -0.15) is 0 Å². The monoisotopic (exact) mass is 420 g/mol. The second-order valence-corrected chi connectivity index (χ2v) is 7.79. The molecule has 0 spiro atoms. The van der Waals surface area contributed by atoms with Crippen LogP contribution >= 0.6 is 22.9 Å². The van der Waals surface area contributed by atoms with E-state index in [0.29, 0.717) is 41.6 Å². The van der Waals surface area contributed by atoms with E-state index >= 15 is 0 Å². The van der Waals surface area contributed by atoms with E-state index in [4.69, 9.17) is 17.3 Å². The highest BCUT2D eigenvalue weighted by Crippen LogP contribution is 2.26. The third kappa shape index (κ3) is 4.82. The van der Waals surface area contributed by atoms with Crippen molar-refractivity contribution in [3.05, 3.63) is 57.2 Å². The quantitative estimate of drug-likeness (QED) is 0.777. The summed E-state index contributed by atoms with van der Waals surface area (Å²) in [4.78, 5) is 40.7. The topological polar surface area (TPSA) is 95.7 Å². The Kier molecular flexibility index (Phi) is 6.53. The highest BCUT2D eigenvalue weighted by atomic mass is 35.5. The normalized spacial score (nSPS) is 15.2. The van der Waals surface area contributed by atoms with Crippen LogP contribution in [0.4, 0.5) is 4.79 Å². The Labute approximate surface area is 172 Å². The first-order valence-corrected chi connectivity index (χ1v) is 10.1. The Bertz CT molecular complexity index is 851. The number of nitrogens with one attached hydrogen (secondary N) is 1. The summed E-state index contributed by atoms with van der Waals surface area (Å²) in [5, 5.41) is 4.92. The van der Waals surface area contributed by atoms with Crippen LogP contribution in [0.5, 0.6) is 0 Å². The highest BCUT2D eigenvalue weighted by Gasteiger charge is 2.28. The molecule has 0 saturated carbocycles. The van der Waals surface area contributed by atoms with Crippen LogP contribution in [0.2, 0.25) is 5.02 Å². The number of amides is 4.